The Morgan fingerprint density at radius 1 is 0.939 bits per heavy atom. The van der Waals surface area contributed by atoms with E-state index in [0.29, 0.717) is 17.1 Å². The first-order valence-corrected chi connectivity index (χ1v) is 11.0. The number of nitrogens with zero attached hydrogens (tertiary/aromatic N) is 2. The number of amides is 3. The Kier molecular flexibility index (Phi) is 6.84. The molecule has 1 unspecified atom stereocenters. The van der Waals surface area contributed by atoms with Crippen LogP contribution in [0.4, 0.5) is 10.1 Å². The molecule has 0 aromatic heterocycles. The predicted octanol–water partition coefficient (Wildman–Crippen LogP) is 4.43. The molecule has 1 aliphatic rings. The van der Waals surface area contributed by atoms with Gasteiger partial charge in [0.25, 0.3) is 5.91 Å². The van der Waals surface area contributed by atoms with Crippen LogP contribution in [0, 0.1) is 5.82 Å². The molecule has 0 aliphatic carbocycles. The average molecular weight is 465 g/mol. The van der Waals surface area contributed by atoms with Crippen LogP contribution in [-0.4, -0.2) is 35.2 Å². The van der Waals surface area contributed by atoms with E-state index in [1.165, 1.54) is 29.2 Å². The molecule has 1 heterocycles. The van der Waals surface area contributed by atoms with Crippen LogP contribution in [0.2, 0.25) is 5.02 Å². The highest BCUT2D eigenvalue weighted by Crippen LogP contribution is 2.27. The van der Waals surface area contributed by atoms with Gasteiger partial charge in [0.2, 0.25) is 11.8 Å². The molecule has 1 aliphatic heterocycles. The van der Waals surface area contributed by atoms with Gasteiger partial charge in [-0.15, -0.1) is 0 Å². The van der Waals surface area contributed by atoms with E-state index in [2.05, 4.69) is 0 Å². The van der Waals surface area contributed by atoms with Crippen LogP contribution >= 0.6 is 11.6 Å². The third-order valence-corrected chi connectivity index (χ3v) is 5.91. The Labute approximate surface area is 196 Å². The van der Waals surface area contributed by atoms with E-state index in [1.54, 1.807) is 24.3 Å². The molecule has 0 radical (unpaired) electrons. The van der Waals surface area contributed by atoms with Crippen molar-refractivity contribution in [2.45, 2.75) is 25.3 Å². The fourth-order valence-corrected chi connectivity index (χ4v) is 4.07. The zero-order valence-corrected chi connectivity index (χ0v) is 18.5. The highest BCUT2D eigenvalue weighted by Gasteiger charge is 2.44. The molecule has 3 amide bonds. The Bertz CT molecular complexity index is 1150. The summed E-state index contributed by atoms with van der Waals surface area (Å²) in [6.07, 6.45) is 0.513. The van der Waals surface area contributed by atoms with Gasteiger partial charge >= 0.3 is 0 Å². The topological polar surface area (TPSA) is 57.7 Å². The minimum atomic E-state index is -0.911. The molecular weight excluding hydrogens is 443 g/mol. The third kappa shape index (κ3) is 5.29. The summed E-state index contributed by atoms with van der Waals surface area (Å²) in [5, 5.41) is 0.568. The van der Waals surface area contributed by atoms with Crippen molar-refractivity contribution < 1.29 is 18.8 Å². The summed E-state index contributed by atoms with van der Waals surface area (Å²) in [4.78, 5) is 41.8. The molecule has 1 saturated heterocycles. The van der Waals surface area contributed by atoms with Crippen molar-refractivity contribution in [2.24, 2.45) is 0 Å². The smallest absolute Gasteiger partial charge is 0.257 e. The van der Waals surface area contributed by atoms with E-state index in [0.717, 1.165) is 16.0 Å². The first kappa shape index (κ1) is 22.7. The average Bonchev–Trinajstić information content (AvgIpc) is 3.10. The van der Waals surface area contributed by atoms with Crippen LogP contribution in [0.25, 0.3) is 0 Å². The second-order valence-corrected chi connectivity index (χ2v) is 8.33. The van der Waals surface area contributed by atoms with Crippen molar-refractivity contribution in [2.75, 3.05) is 11.4 Å². The Morgan fingerprint density at radius 3 is 2.27 bits per heavy atom. The summed E-state index contributed by atoms with van der Waals surface area (Å²) in [6, 6.07) is 20.8. The van der Waals surface area contributed by atoms with Gasteiger partial charge in [0.15, 0.2) is 0 Å². The van der Waals surface area contributed by atoms with Crippen molar-refractivity contribution in [3.63, 3.8) is 0 Å². The lowest BCUT2D eigenvalue weighted by atomic mass is 10.1. The second kappa shape index (κ2) is 9.96. The number of hydrogen-bond donors (Lipinski definition) is 0. The van der Waals surface area contributed by atoms with Crippen molar-refractivity contribution >= 4 is 35.0 Å². The number of rotatable bonds is 7. The highest BCUT2D eigenvalue weighted by molar-refractivity contribution is 6.30. The normalized spacial score (nSPS) is 15.7. The van der Waals surface area contributed by atoms with Gasteiger partial charge in [-0.3, -0.25) is 14.4 Å². The molecule has 33 heavy (non-hydrogen) atoms. The molecule has 3 aromatic carbocycles. The summed E-state index contributed by atoms with van der Waals surface area (Å²) >= 11 is 5.94. The first-order chi connectivity index (χ1) is 15.9. The molecule has 1 fully saturated rings. The van der Waals surface area contributed by atoms with E-state index in [1.807, 2.05) is 30.3 Å². The standard InChI is InChI=1S/C26H22ClFN2O3/c27-20-8-6-19(7-9-20)16-24(31)29(15-14-18-4-2-1-3-5-18)23-17-25(32)30(26(23)33)22-12-10-21(28)11-13-22/h1-13,23H,14-17H2. The third-order valence-electron chi connectivity index (χ3n) is 5.66. The van der Waals surface area contributed by atoms with Gasteiger partial charge in [-0.25, -0.2) is 9.29 Å². The number of anilines is 1. The van der Waals surface area contributed by atoms with E-state index < -0.39 is 23.7 Å². The van der Waals surface area contributed by atoms with Crippen LogP contribution in [-0.2, 0) is 27.2 Å². The van der Waals surface area contributed by atoms with Crippen molar-refractivity contribution in [1.82, 2.24) is 4.90 Å². The van der Waals surface area contributed by atoms with Crippen molar-refractivity contribution in [3.05, 3.63) is 101 Å². The minimum absolute atomic E-state index is 0.0838. The quantitative estimate of drug-likeness (QED) is 0.486. The molecule has 5 nitrogen and oxygen atoms in total. The lowest BCUT2D eigenvalue weighted by molar-refractivity contribution is -0.137. The molecule has 0 spiro atoms. The highest BCUT2D eigenvalue weighted by atomic mass is 35.5. The maximum Gasteiger partial charge on any atom is 0.257 e. The molecule has 0 saturated carbocycles. The number of hydrogen-bond acceptors (Lipinski definition) is 3. The molecule has 1 atom stereocenters. The molecule has 168 valence electrons. The summed E-state index contributed by atoms with van der Waals surface area (Å²) < 4.78 is 13.3. The van der Waals surface area contributed by atoms with E-state index >= 15 is 0 Å². The van der Waals surface area contributed by atoms with Crippen LogP contribution < -0.4 is 4.90 Å². The predicted molar refractivity (Wildman–Crippen MR) is 124 cm³/mol. The van der Waals surface area contributed by atoms with Crippen LogP contribution in [0.15, 0.2) is 78.9 Å². The first-order valence-electron chi connectivity index (χ1n) is 10.6. The van der Waals surface area contributed by atoms with Gasteiger partial charge in [-0.1, -0.05) is 54.1 Å². The summed E-state index contributed by atoms with van der Waals surface area (Å²) in [6.45, 7) is 0.289. The molecule has 3 aromatic rings. The van der Waals surface area contributed by atoms with Gasteiger partial charge in [0, 0.05) is 11.6 Å². The summed E-state index contributed by atoms with van der Waals surface area (Å²) in [5.41, 5.74) is 2.08. The maximum absolute atomic E-state index is 13.3. The Morgan fingerprint density at radius 2 is 1.61 bits per heavy atom. The zero-order chi connectivity index (χ0) is 23.4. The number of carbonyl (C=O) groups excluding carboxylic acids is 3. The molecular formula is C26H22ClFN2O3. The zero-order valence-electron chi connectivity index (χ0n) is 17.8. The molecule has 4 rings (SSSR count). The lowest BCUT2D eigenvalue weighted by Crippen LogP contribution is -2.47. The minimum Gasteiger partial charge on any atom is -0.329 e. The maximum atomic E-state index is 13.3. The van der Waals surface area contributed by atoms with Gasteiger partial charge in [0.05, 0.1) is 18.5 Å². The summed E-state index contributed by atoms with van der Waals surface area (Å²) in [7, 11) is 0. The SMILES string of the molecule is O=C1CC(N(CCc2ccccc2)C(=O)Cc2ccc(Cl)cc2)C(=O)N1c1ccc(F)cc1. The second-order valence-electron chi connectivity index (χ2n) is 7.89. The number of imide groups is 1. The van der Waals surface area contributed by atoms with Crippen LogP contribution in [0.5, 0.6) is 0 Å². The number of carbonyl (C=O) groups is 3. The lowest BCUT2D eigenvalue weighted by Gasteiger charge is -2.28. The van der Waals surface area contributed by atoms with Crippen molar-refractivity contribution in [3.8, 4) is 0 Å². The van der Waals surface area contributed by atoms with E-state index in [9.17, 15) is 18.8 Å². The van der Waals surface area contributed by atoms with Crippen LogP contribution in [0.3, 0.4) is 0 Å². The Balaban J connectivity index is 1.58. The van der Waals surface area contributed by atoms with E-state index in [-0.39, 0.29) is 25.3 Å². The van der Waals surface area contributed by atoms with Gasteiger partial charge < -0.3 is 4.90 Å². The van der Waals surface area contributed by atoms with Gasteiger partial charge in [0.1, 0.15) is 11.9 Å². The molecule has 7 heteroatoms. The molecule has 0 N–H and O–H groups in total. The van der Waals surface area contributed by atoms with E-state index in [4.69, 9.17) is 11.6 Å². The van der Waals surface area contributed by atoms with Gasteiger partial charge in [-0.2, -0.15) is 0 Å². The number of benzene rings is 3. The Hall–Kier alpha value is -3.51. The summed E-state index contributed by atoms with van der Waals surface area (Å²) in [5.74, 6) is -1.61. The molecule has 0 bridgehead atoms. The number of halogens is 2. The fraction of sp³-hybridized carbons (Fsp3) is 0.192. The van der Waals surface area contributed by atoms with Crippen LogP contribution in [0.1, 0.15) is 17.5 Å². The van der Waals surface area contributed by atoms with Crippen molar-refractivity contribution in [1.29, 1.82) is 0 Å². The monoisotopic (exact) mass is 464 g/mol. The largest absolute Gasteiger partial charge is 0.329 e. The van der Waals surface area contributed by atoms with Gasteiger partial charge in [-0.05, 0) is 53.9 Å². The fourth-order valence-electron chi connectivity index (χ4n) is 3.95.